The molecule has 2 aromatic carbocycles. The number of nitrogens with one attached hydrogen (secondary N) is 1. The van der Waals surface area contributed by atoms with Crippen molar-refractivity contribution in [3.05, 3.63) is 52.1 Å². The predicted molar refractivity (Wildman–Crippen MR) is 112 cm³/mol. The summed E-state index contributed by atoms with van der Waals surface area (Å²) in [7, 11) is 1.96. The van der Waals surface area contributed by atoms with Gasteiger partial charge in [0, 0.05) is 21.7 Å². The summed E-state index contributed by atoms with van der Waals surface area (Å²) in [4.78, 5) is 16.7. The summed E-state index contributed by atoms with van der Waals surface area (Å²) < 4.78 is 3.12. The van der Waals surface area contributed by atoms with E-state index in [0.29, 0.717) is 5.16 Å². The molecule has 0 spiro atoms. The molecule has 0 saturated carbocycles. The number of carbonyl (C=O) groups excluding carboxylic acids is 1. The second-order valence-electron chi connectivity index (χ2n) is 5.69. The molecule has 2 aromatic heterocycles. The highest BCUT2D eigenvalue weighted by Crippen LogP contribution is 2.25. The molecule has 26 heavy (non-hydrogen) atoms. The first kappa shape index (κ1) is 17.2. The number of carbonyl (C=O) groups is 1. The van der Waals surface area contributed by atoms with Gasteiger partial charge in [-0.25, -0.2) is 4.98 Å². The van der Waals surface area contributed by atoms with Crippen LogP contribution >= 0.6 is 34.4 Å². The Hall–Kier alpha value is -2.20. The highest BCUT2D eigenvalue weighted by molar-refractivity contribution is 14.1. The molecule has 1 N–H and O–H groups in total. The Labute approximate surface area is 167 Å². The number of hydrogen-bond donors (Lipinski definition) is 1. The third-order valence-electron chi connectivity index (χ3n) is 3.95. The van der Waals surface area contributed by atoms with Gasteiger partial charge in [0.05, 0.1) is 11.3 Å². The second-order valence-corrected chi connectivity index (χ2v) is 7.87. The van der Waals surface area contributed by atoms with Crippen molar-refractivity contribution >= 4 is 68.0 Å². The number of amides is 1. The fourth-order valence-corrected chi connectivity index (χ4v) is 3.66. The van der Waals surface area contributed by atoms with Crippen LogP contribution in [-0.4, -0.2) is 31.4 Å². The lowest BCUT2D eigenvalue weighted by atomic mass is 10.2. The predicted octanol–water partition coefficient (Wildman–Crippen LogP) is 3.85. The number of nitrogens with zero attached hydrogens (tertiary/aromatic N) is 4. The third-order valence-corrected chi connectivity index (χ3v) is 5.50. The molecule has 0 bridgehead atoms. The van der Waals surface area contributed by atoms with Crippen molar-refractivity contribution in [3.63, 3.8) is 0 Å². The molecule has 0 radical (unpaired) electrons. The van der Waals surface area contributed by atoms with Gasteiger partial charge in [-0.05, 0) is 52.9 Å². The summed E-state index contributed by atoms with van der Waals surface area (Å²) >= 11 is 3.50. The quantitative estimate of drug-likeness (QED) is 0.359. The van der Waals surface area contributed by atoms with E-state index in [1.807, 2.05) is 60.1 Å². The van der Waals surface area contributed by atoms with E-state index in [4.69, 9.17) is 0 Å². The molecule has 0 fully saturated rings. The van der Waals surface area contributed by atoms with Crippen LogP contribution in [0.25, 0.3) is 22.1 Å². The van der Waals surface area contributed by atoms with Crippen LogP contribution in [-0.2, 0) is 11.8 Å². The molecule has 2 heterocycles. The lowest BCUT2D eigenvalue weighted by molar-refractivity contribution is -0.113. The molecule has 0 aliphatic heterocycles. The van der Waals surface area contributed by atoms with Crippen molar-refractivity contribution < 1.29 is 4.79 Å². The van der Waals surface area contributed by atoms with Gasteiger partial charge in [0.15, 0.2) is 5.65 Å². The molecule has 4 aromatic rings. The van der Waals surface area contributed by atoms with E-state index in [1.165, 1.54) is 11.8 Å². The molecular formula is C18H14IN5OS. The van der Waals surface area contributed by atoms with E-state index < -0.39 is 0 Å². The van der Waals surface area contributed by atoms with E-state index in [9.17, 15) is 4.79 Å². The number of fused-ring (bicyclic) bond motifs is 3. The molecular weight excluding hydrogens is 461 g/mol. The summed E-state index contributed by atoms with van der Waals surface area (Å²) in [6.07, 6.45) is 0. The van der Waals surface area contributed by atoms with Crippen molar-refractivity contribution in [3.8, 4) is 0 Å². The number of aryl methyl sites for hydroxylation is 1. The van der Waals surface area contributed by atoms with E-state index in [-0.39, 0.29) is 11.7 Å². The summed E-state index contributed by atoms with van der Waals surface area (Å²) in [5.41, 5.74) is 3.37. The van der Waals surface area contributed by atoms with Crippen LogP contribution in [0.15, 0.2) is 53.7 Å². The minimum atomic E-state index is -0.100. The highest BCUT2D eigenvalue weighted by Gasteiger charge is 2.13. The van der Waals surface area contributed by atoms with Crippen LogP contribution in [0.3, 0.4) is 0 Å². The number of aromatic nitrogens is 4. The smallest absolute Gasteiger partial charge is 0.234 e. The molecule has 8 heteroatoms. The Morgan fingerprint density at radius 1 is 1.15 bits per heavy atom. The van der Waals surface area contributed by atoms with Crippen LogP contribution < -0.4 is 5.32 Å². The maximum Gasteiger partial charge on any atom is 0.234 e. The Balaban J connectivity index is 1.50. The average molecular weight is 475 g/mol. The maximum absolute atomic E-state index is 12.1. The number of benzene rings is 2. The molecule has 0 atom stereocenters. The summed E-state index contributed by atoms with van der Waals surface area (Å²) in [6.45, 7) is 0. The zero-order valence-electron chi connectivity index (χ0n) is 13.8. The molecule has 4 rings (SSSR count). The summed E-state index contributed by atoms with van der Waals surface area (Å²) in [5, 5.41) is 12.9. The van der Waals surface area contributed by atoms with Gasteiger partial charge in [0.1, 0.15) is 5.52 Å². The van der Waals surface area contributed by atoms with Crippen molar-refractivity contribution in [2.24, 2.45) is 7.05 Å². The van der Waals surface area contributed by atoms with Crippen LogP contribution in [0.5, 0.6) is 0 Å². The van der Waals surface area contributed by atoms with E-state index >= 15 is 0 Å². The summed E-state index contributed by atoms with van der Waals surface area (Å²) in [5.74, 6) is 0.125. The molecule has 0 unspecified atom stereocenters. The molecule has 130 valence electrons. The third kappa shape index (κ3) is 3.38. The topological polar surface area (TPSA) is 72.7 Å². The van der Waals surface area contributed by atoms with Crippen molar-refractivity contribution in [2.45, 2.75) is 5.16 Å². The number of rotatable bonds is 4. The lowest BCUT2D eigenvalue weighted by Crippen LogP contribution is -2.14. The van der Waals surface area contributed by atoms with Gasteiger partial charge < -0.3 is 9.88 Å². The Morgan fingerprint density at radius 3 is 2.73 bits per heavy atom. The molecule has 0 aliphatic carbocycles. The minimum absolute atomic E-state index is 0.100. The zero-order chi connectivity index (χ0) is 18.1. The van der Waals surface area contributed by atoms with Gasteiger partial charge in [-0.1, -0.05) is 30.0 Å². The van der Waals surface area contributed by atoms with Crippen molar-refractivity contribution in [1.82, 2.24) is 19.7 Å². The van der Waals surface area contributed by atoms with Crippen molar-refractivity contribution in [1.29, 1.82) is 0 Å². The van der Waals surface area contributed by atoms with Gasteiger partial charge in [-0.3, -0.25) is 4.79 Å². The first-order chi connectivity index (χ1) is 12.6. The van der Waals surface area contributed by atoms with Gasteiger partial charge in [-0.15, -0.1) is 10.2 Å². The maximum atomic E-state index is 12.1. The van der Waals surface area contributed by atoms with Crippen molar-refractivity contribution in [2.75, 3.05) is 11.1 Å². The fraction of sp³-hybridized carbons (Fsp3) is 0.111. The van der Waals surface area contributed by atoms with E-state index in [2.05, 4.69) is 43.1 Å². The van der Waals surface area contributed by atoms with Crippen LogP contribution in [0.4, 0.5) is 5.69 Å². The van der Waals surface area contributed by atoms with Gasteiger partial charge >= 0.3 is 0 Å². The normalized spacial score (nSPS) is 11.2. The highest BCUT2D eigenvalue weighted by atomic mass is 127. The minimum Gasteiger partial charge on any atom is -0.327 e. The molecule has 0 aliphatic rings. The largest absolute Gasteiger partial charge is 0.327 e. The number of para-hydroxylation sites is 1. The Bertz CT molecular complexity index is 1110. The lowest BCUT2D eigenvalue weighted by Gasteiger charge is -2.04. The number of halogens is 1. The second kappa shape index (κ2) is 7.20. The number of anilines is 1. The zero-order valence-corrected chi connectivity index (χ0v) is 16.8. The standard InChI is InChI=1S/C18H14IN5OS/c1-24-14-5-3-2-4-13(14)16-17(24)21-18(23-22-16)26-10-15(25)20-12-8-6-11(19)7-9-12/h2-9H,10H2,1H3,(H,20,25). The first-order valence-electron chi connectivity index (χ1n) is 7.88. The van der Waals surface area contributed by atoms with Crippen LogP contribution in [0.2, 0.25) is 0 Å². The Morgan fingerprint density at radius 2 is 1.92 bits per heavy atom. The molecule has 0 saturated heterocycles. The SMILES string of the molecule is Cn1c2ccccc2c2nnc(SCC(=O)Nc3ccc(I)cc3)nc21. The van der Waals surface area contributed by atoms with Crippen LogP contribution in [0, 0.1) is 3.57 Å². The van der Waals surface area contributed by atoms with Gasteiger partial charge in [0.2, 0.25) is 11.1 Å². The van der Waals surface area contributed by atoms with E-state index in [1.54, 1.807) is 0 Å². The molecule has 1 amide bonds. The molecule has 6 nitrogen and oxygen atoms in total. The Kier molecular flexibility index (Phi) is 4.77. The summed E-state index contributed by atoms with van der Waals surface area (Å²) in [6, 6.07) is 15.7. The number of thioether (sulfide) groups is 1. The first-order valence-corrected chi connectivity index (χ1v) is 9.94. The van der Waals surface area contributed by atoms with Crippen LogP contribution in [0.1, 0.15) is 0 Å². The van der Waals surface area contributed by atoms with Gasteiger partial charge in [-0.2, -0.15) is 0 Å². The fourth-order valence-electron chi connectivity index (χ4n) is 2.71. The number of hydrogen-bond acceptors (Lipinski definition) is 5. The monoisotopic (exact) mass is 475 g/mol. The van der Waals surface area contributed by atoms with E-state index in [0.717, 1.165) is 31.3 Å². The average Bonchev–Trinajstić information content (AvgIpc) is 2.94. The van der Waals surface area contributed by atoms with Gasteiger partial charge in [0.25, 0.3) is 0 Å².